The van der Waals surface area contributed by atoms with E-state index >= 15 is 0 Å². The Morgan fingerprint density at radius 3 is 1.98 bits per heavy atom. The van der Waals surface area contributed by atoms with Crippen LogP contribution >= 0.6 is 0 Å². The number of hydrogen-bond acceptors (Lipinski definition) is 8. The molecule has 0 radical (unpaired) electrons. The highest BCUT2D eigenvalue weighted by Crippen LogP contribution is 2.31. The number of nitrogens with two attached hydrogens (primary N) is 3. The second-order valence-electron chi connectivity index (χ2n) is 9.73. The first-order chi connectivity index (χ1) is 20.5. The average Bonchev–Trinajstić information content (AvgIpc) is 2.94. The highest BCUT2D eigenvalue weighted by atomic mass is 19.4. The van der Waals surface area contributed by atoms with Gasteiger partial charge < -0.3 is 42.8 Å². The van der Waals surface area contributed by atoms with Crippen molar-refractivity contribution in [2.45, 2.75) is 43.7 Å². The first-order valence-corrected chi connectivity index (χ1v) is 13.3. The molecule has 10 N–H and O–H groups in total. The summed E-state index contributed by atoms with van der Waals surface area (Å²) in [5.74, 6) is -2.34. The Hall–Kier alpha value is -3.71. The number of amides is 3. The number of nitrogens with one attached hydrogen (secondary N) is 2. The van der Waals surface area contributed by atoms with Crippen molar-refractivity contribution < 1.29 is 50.8 Å². The van der Waals surface area contributed by atoms with Gasteiger partial charge in [-0.2, -0.15) is 26.3 Å². The fraction of sp³-hybridized carbons (Fsp3) is 0.423. The van der Waals surface area contributed by atoms with Crippen molar-refractivity contribution in [1.29, 1.82) is 0 Å². The number of carbonyl (C=O) groups excluding carboxylic acids is 3. The molecule has 11 nitrogen and oxygen atoms in total. The molecule has 0 aliphatic carbocycles. The van der Waals surface area contributed by atoms with E-state index in [-0.39, 0.29) is 56.9 Å². The van der Waals surface area contributed by atoms with Crippen molar-refractivity contribution in [3.8, 4) is 0 Å². The Bertz CT molecular complexity index is 1270. The van der Waals surface area contributed by atoms with Crippen molar-refractivity contribution in [3.63, 3.8) is 0 Å². The fourth-order valence-corrected chi connectivity index (χ4v) is 4.13. The van der Waals surface area contributed by atoms with E-state index < -0.39 is 65.6 Å². The zero-order valence-corrected chi connectivity index (χ0v) is 23.3. The highest BCUT2D eigenvalue weighted by molar-refractivity contribution is 6.59. The summed E-state index contributed by atoms with van der Waals surface area (Å²) in [5.41, 5.74) is 13.4. The minimum atomic E-state index is -5.03. The molecule has 2 rings (SSSR count). The summed E-state index contributed by atoms with van der Waals surface area (Å²) in [7, 11) is -2.46. The molecule has 242 valence electrons. The third kappa shape index (κ3) is 10.8. The number of rotatable bonds is 14. The molecule has 0 heterocycles. The van der Waals surface area contributed by atoms with Gasteiger partial charge in [-0.05, 0) is 41.7 Å². The van der Waals surface area contributed by atoms with Crippen LogP contribution in [0.15, 0.2) is 42.5 Å². The summed E-state index contributed by atoms with van der Waals surface area (Å²) >= 11 is 0. The molecule has 0 aliphatic heterocycles. The predicted molar refractivity (Wildman–Crippen MR) is 149 cm³/mol. The smallest absolute Gasteiger partial charge is 0.423 e. The van der Waals surface area contributed by atoms with Crippen molar-refractivity contribution in [2.75, 3.05) is 31.5 Å². The summed E-state index contributed by atoms with van der Waals surface area (Å²) < 4.78 is 79.4. The topological polar surface area (TPSA) is 197 Å². The zero-order valence-electron chi connectivity index (χ0n) is 23.3. The van der Waals surface area contributed by atoms with Gasteiger partial charge in [-0.1, -0.05) is 18.2 Å². The number of hydrogen-bond donors (Lipinski definition) is 7. The van der Waals surface area contributed by atoms with E-state index in [0.29, 0.717) is 6.07 Å². The summed E-state index contributed by atoms with van der Waals surface area (Å²) in [5, 5.41) is 23.1. The van der Waals surface area contributed by atoms with Crippen LogP contribution in [0.3, 0.4) is 0 Å². The summed E-state index contributed by atoms with van der Waals surface area (Å²) in [6.45, 7) is 0.794. The van der Waals surface area contributed by atoms with Crippen LogP contribution in [-0.4, -0.2) is 78.1 Å². The van der Waals surface area contributed by atoms with Gasteiger partial charge in [0.05, 0.1) is 17.2 Å². The lowest BCUT2D eigenvalue weighted by Crippen LogP contribution is -2.51. The van der Waals surface area contributed by atoms with Crippen molar-refractivity contribution >= 4 is 36.0 Å². The molecule has 0 unspecified atom stereocenters. The first-order valence-electron chi connectivity index (χ1n) is 13.3. The molecule has 0 saturated heterocycles. The third-order valence-electron chi connectivity index (χ3n) is 6.42. The quantitative estimate of drug-likeness (QED) is 0.111. The maximum absolute atomic E-state index is 13.5. The van der Waals surface area contributed by atoms with Crippen molar-refractivity contribution in [2.24, 2.45) is 17.2 Å². The van der Waals surface area contributed by atoms with Crippen molar-refractivity contribution in [1.82, 2.24) is 10.2 Å². The van der Waals surface area contributed by atoms with Crippen LogP contribution < -0.4 is 33.3 Å². The molecule has 0 spiro atoms. The molecule has 0 aliphatic rings. The molecule has 2 atom stereocenters. The molecule has 0 saturated carbocycles. The number of anilines is 1. The Labute approximate surface area is 248 Å². The SMILES string of the molecule is NCCN(CCN)C(=O)CC[C@H](N)C(=O)N[C@H](Cc1ccc(C(F)(F)F)cc1)C(=O)Nc1ccc(B(O)O)c(C(F)(F)F)c1. The molecule has 3 amide bonds. The maximum Gasteiger partial charge on any atom is 0.489 e. The molecule has 2 aromatic carbocycles. The number of carbonyl (C=O) groups is 3. The molecule has 18 heteroatoms. The predicted octanol–water partition coefficient (Wildman–Crippen LogP) is -0.0765. The largest absolute Gasteiger partial charge is 0.489 e. The van der Waals surface area contributed by atoms with Crippen molar-refractivity contribution in [3.05, 3.63) is 59.2 Å². The van der Waals surface area contributed by atoms with E-state index in [2.05, 4.69) is 10.6 Å². The van der Waals surface area contributed by atoms with Gasteiger partial charge in [0.2, 0.25) is 17.7 Å². The first kappa shape index (κ1) is 36.5. The summed E-state index contributed by atoms with van der Waals surface area (Å²) in [4.78, 5) is 39.9. The van der Waals surface area contributed by atoms with Crippen LogP contribution in [-0.2, 0) is 33.2 Å². The molecular weight excluding hydrogens is 601 g/mol. The highest BCUT2D eigenvalue weighted by Gasteiger charge is 2.37. The number of nitrogens with zero attached hydrogens (tertiary/aromatic N) is 1. The van der Waals surface area contributed by atoms with Crippen LogP contribution in [0.4, 0.5) is 32.0 Å². The van der Waals surface area contributed by atoms with E-state index in [4.69, 9.17) is 17.2 Å². The number of benzene rings is 2. The van der Waals surface area contributed by atoms with Gasteiger partial charge in [-0.15, -0.1) is 0 Å². The Morgan fingerprint density at radius 1 is 0.886 bits per heavy atom. The summed E-state index contributed by atoms with van der Waals surface area (Å²) in [6.07, 6.45) is -10.4. The zero-order chi connectivity index (χ0) is 33.2. The summed E-state index contributed by atoms with van der Waals surface area (Å²) in [6, 6.07) is 2.94. The van der Waals surface area contributed by atoms with Gasteiger partial charge in [-0.3, -0.25) is 14.4 Å². The maximum atomic E-state index is 13.5. The van der Waals surface area contributed by atoms with Crippen LogP contribution in [0.25, 0.3) is 0 Å². The van der Waals surface area contributed by atoms with Crippen LogP contribution in [0.1, 0.15) is 29.5 Å². The van der Waals surface area contributed by atoms with Gasteiger partial charge in [0, 0.05) is 44.7 Å². The normalized spacial score (nSPS) is 13.2. The molecule has 44 heavy (non-hydrogen) atoms. The Morgan fingerprint density at radius 2 is 1.48 bits per heavy atom. The second-order valence-corrected chi connectivity index (χ2v) is 9.73. The second kappa shape index (κ2) is 15.9. The van der Waals surface area contributed by atoms with Gasteiger partial charge >= 0.3 is 19.5 Å². The standard InChI is InChI=1S/C26H33BF6N6O5/c28-25(29,30)16-3-1-15(2-4-16)13-21(38-23(41)20(36)7-8-22(40)39(11-9-34)12-10-35)24(42)37-17-5-6-19(27(43)44)18(14-17)26(31,32)33/h1-6,14,20-21,43-44H,7-13,34-36H2,(H,37,42)(H,38,41)/t20-,21+/m0/s1. The minimum absolute atomic E-state index is 0.162. The van der Waals surface area contributed by atoms with Gasteiger partial charge in [0.25, 0.3) is 0 Å². The van der Waals surface area contributed by atoms with Gasteiger partial charge in [-0.25, -0.2) is 0 Å². The molecule has 0 fully saturated rings. The Balaban J connectivity index is 2.28. The van der Waals surface area contributed by atoms with E-state index in [0.717, 1.165) is 36.4 Å². The molecule has 0 aromatic heterocycles. The van der Waals surface area contributed by atoms with Gasteiger partial charge in [0.15, 0.2) is 0 Å². The van der Waals surface area contributed by atoms with Crippen LogP contribution in [0.5, 0.6) is 0 Å². The van der Waals surface area contributed by atoms with Crippen LogP contribution in [0, 0.1) is 0 Å². The van der Waals surface area contributed by atoms with Crippen LogP contribution in [0.2, 0.25) is 0 Å². The van der Waals surface area contributed by atoms with E-state index in [9.17, 15) is 50.8 Å². The minimum Gasteiger partial charge on any atom is -0.423 e. The Kier molecular flexibility index (Phi) is 13.1. The monoisotopic (exact) mass is 634 g/mol. The van der Waals surface area contributed by atoms with E-state index in [1.165, 1.54) is 4.90 Å². The average molecular weight is 634 g/mol. The lowest BCUT2D eigenvalue weighted by atomic mass is 9.76. The molecule has 0 bridgehead atoms. The van der Waals surface area contributed by atoms with E-state index in [1.807, 2.05) is 0 Å². The number of halogens is 6. The fourth-order valence-electron chi connectivity index (χ4n) is 4.13. The number of alkyl halides is 6. The lowest BCUT2D eigenvalue weighted by molar-refractivity contribution is -0.138. The third-order valence-corrected chi connectivity index (χ3v) is 6.42. The van der Waals surface area contributed by atoms with E-state index in [1.54, 1.807) is 0 Å². The molecular formula is C26H33BF6N6O5. The van der Waals surface area contributed by atoms with Gasteiger partial charge in [0.1, 0.15) is 6.04 Å². The lowest BCUT2D eigenvalue weighted by Gasteiger charge is -2.23. The molecule has 2 aromatic rings.